The number of para-hydroxylation sites is 1. The number of nitrogens with one attached hydrogen (secondary N) is 2. The zero-order chi connectivity index (χ0) is 8.10. The average Bonchev–Trinajstić information content (AvgIpc) is 2.03. The summed E-state index contributed by atoms with van der Waals surface area (Å²) in [6.45, 7) is 0. The Morgan fingerprint density at radius 1 is 1.27 bits per heavy atom. The summed E-state index contributed by atoms with van der Waals surface area (Å²) >= 11 is 2.63. The van der Waals surface area contributed by atoms with Gasteiger partial charge in [0.2, 0.25) is 0 Å². The van der Waals surface area contributed by atoms with Gasteiger partial charge in [0.15, 0.2) is 0 Å². The van der Waals surface area contributed by atoms with E-state index in [-0.39, 0.29) is 0 Å². The van der Waals surface area contributed by atoms with Gasteiger partial charge < -0.3 is 0 Å². The van der Waals surface area contributed by atoms with Crippen LogP contribution in [0.3, 0.4) is 0 Å². The second-order valence-corrected chi connectivity index (χ2v) is 2.90. The van der Waals surface area contributed by atoms with Gasteiger partial charge in [-0.3, -0.25) is 0 Å². The number of hydrogen-bond acceptors (Lipinski definition) is 3. The van der Waals surface area contributed by atoms with Crippen molar-refractivity contribution < 1.29 is 0 Å². The molecule has 0 saturated carbocycles. The molecule has 3 nitrogen and oxygen atoms in total. The van der Waals surface area contributed by atoms with Crippen LogP contribution in [0.25, 0.3) is 0 Å². The molecule has 58 valence electrons. The van der Waals surface area contributed by atoms with Crippen LogP contribution in [0.4, 0.5) is 5.69 Å². The number of anilines is 1. The second kappa shape index (κ2) is 4.01. The summed E-state index contributed by atoms with van der Waals surface area (Å²) in [7, 11) is 0. The van der Waals surface area contributed by atoms with E-state index in [2.05, 4.69) is 26.4 Å². The molecule has 0 aliphatic heterocycles. The van der Waals surface area contributed by atoms with Crippen LogP contribution >= 0.6 is 0 Å². The van der Waals surface area contributed by atoms with Gasteiger partial charge in [-0.05, 0) is 0 Å². The summed E-state index contributed by atoms with van der Waals surface area (Å²) in [6, 6.07) is 9.72. The molecule has 0 unspecified atom stereocenters. The van der Waals surface area contributed by atoms with E-state index >= 15 is 0 Å². The first-order chi connectivity index (χ1) is 5.29. The third-order valence-corrected chi connectivity index (χ3v) is 1.32. The molecule has 0 fully saturated rings. The first-order valence-corrected chi connectivity index (χ1v) is 4.01. The number of rotatable bonds is 3. The van der Waals surface area contributed by atoms with Gasteiger partial charge in [-0.2, -0.15) is 0 Å². The Kier molecular flexibility index (Phi) is 2.95. The molecule has 4 heteroatoms. The molecule has 0 radical (unpaired) electrons. The fourth-order valence-electron chi connectivity index (χ4n) is 0.655. The molecule has 1 aromatic carbocycles. The Labute approximate surface area is 73.3 Å². The second-order valence-electron chi connectivity index (χ2n) is 1.98. The standard InChI is InChI=1S/C7H9N3Se/c8-7(11)10-9-6-4-2-1-3-5-6/h1-5,9H,(H3,8,10,11). The van der Waals surface area contributed by atoms with Crippen molar-refractivity contribution in [1.29, 1.82) is 0 Å². The molecule has 11 heavy (non-hydrogen) atoms. The number of benzene rings is 1. The molecule has 0 aliphatic rings. The van der Waals surface area contributed by atoms with Crippen LogP contribution in [0.5, 0.6) is 0 Å². The van der Waals surface area contributed by atoms with Crippen LogP contribution in [0, 0.1) is 0 Å². The third kappa shape index (κ3) is 3.07. The van der Waals surface area contributed by atoms with Gasteiger partial charge in [0.05, 0.1) is 0 Å². The SMILES string of the molecule is NC(=[Se])NNc1ccccc1. The first kappa shape index (κ1) is 8.11. The van der Waals surface area contributed by atoms with Crippen molar-refractivity contribution >= 4 is 25.9 Å². The Morgan fingerprint density at radius 3 is 2.45 bits per heavy atom. The molecule has 4 N–H and O–H groups in total. The molecule has 0 heterocycles. The third-order valence-electron chi connectivity index (χ3n) is 1.10. The van der Waals surface area contributed by atoms with Crippen molar-refractivity contribution in [2.45, 2.75) is 0 Å². The summed E-state index contributed by atoms with van der Waals surface area (Å²) in [5.41, 5.74) is 12.0. The summed E-state index contributed by atoms with van der Waals surface area (Å²) in [4.78, 5) is 0. The van der Waals surface area contributed by atoms with Crippen molar-refractivity contribution in [3.63, 3.8) is 0 Å². The molecule has 0 saturated heterocycles. The minimum absolute atomic E-state index is 0.522. The van der Waals surface area contributed by atoms with E-state index in [0.29, 0.717) is 4.67 Å². The fraction of sp³-hybridized carbons (Fsp3) is 0. The average molecular weight is 214 g/mol. The predicted octanol–water partition coefficient (Wildman–Crippen LogP) is -0.182. The van der Waals surface area contributed by atoms with Crippen LogP contribution in [0.2, 0.25) is 0 Å². The summed E-state index contributed by atoms with van der Waals surface area (Å²) in [5, 5.41) is 0. The van der Waals surface area contributed by atoms with E-state index in [9.17, 15) is 0 Å². The quantitative estimate of drug-likeness (QED) is 0.483. The van der Waals surface area contributed by atoms with E-state index in [1.165, 1.54) is 0 Å². The van der Waals surface area contributed by atoms with Crippen LogP contribution in [-0.4, -0.2) is 20.2 Å². The number of hydrogen-bond donors (Lipinski definition) is 3. The van der Waals surface area contributed by atoms with Crippen molar-refractivity contribution in [3.05, 3.63) is 30.3 Å². The number of nitrogens with two attached hydrogens (primary N) is 1. The molecular formula is C7H9N3Se. The van der Waals surface area contributed by atoms with Gasteiger partial charge >= 0.3 is 72.8 Å². The number of hydrazine groups is 1. The van der Waals surface area contributed by atoms with Crippen molar-refractivity contribution in [1.82, 2.24) is 5.43 Å². The van der Waals surface area contributed by atoms with Crippen molar-refractivity contribution in [2.24, 2.45) is 5.73 Å². The predicted molar refractivity (Wildman–Crippen MR) is 48.1 cm³/mol. The van der Waals surface area contributed by atoms with Crippen LogP contribution < -0.4 is 16.6 Å². The van der Waals surface area contributed by atoms with Crippen LogP contribution in [0.1, 0.15) is 0 Å². The normalized spacial score (nSPS) is 8.73. The topological polar surface area (TPSA) is 50.1 Å². The van der Waals surface area contributed by atoms with Crippen molar-refractivity contribution in [3.8, 4) is 0 Å². The Balaban J connectivity index is 2.45. The Hall–Kier alpha value is -0.991. The molecular weight excluding hydrogens is 205 g/mol. The molecule has 0 aliphatic carbocycles. The molecule has 0 amide bonds. The molecule has 0 spiro atoms. The molecule has 1 rings (SSSR count). The van der Waals surface area contributed by atoms with E-state index in [1.807, 2.05) is 30.3 Å². The van der Waals surface area contributed by atoms with E-state index in [1.54, 1.807) is 0 Å². The van der Waals surface area contributed by atoms with Crippen molar-refractivity contribution in [2.75, 3.05) is 5.43 Å². The first-order valence-electron chi connectivity index (χ1n) is 3.15. The zero-order valence-electron chi connectivity index (χ0n) is 5.87. The van der Waals surface area contributed by atoms with Crippen LogP contribution in [-0.2, 0) is 0 Å². The van der Waals surface area contributed by atoms with E-state index in [0.717, 1.165) is 5.69 Å². The Morgan fingerprint density at radius 2 is 1.91 bits per heavy atom. The molecule has 0 bridgehead atoms. The maximum absolute atomic E-state index is 5.33. The Bertz CT molecular complexity index is 235. The summed E-state index contributed by atoms with van der Waals surface area (Å²) < 4.78 is 0.522. The molecule has 0 aromatic heterocycles. The molecule has 0 atom stereocenters. The van der Waals surface area contributed by atoms with Gasteiger partial charge in [-0.15, -0.1) is 0 Å². The fourth-order valence-corrected chi connectivity index (χ4v) is 0.762. The van der Waals surface area contributed by atoms with Gasteiger partial charge in [0.1, 0.15) is 0 Å². The van der Waals surface area contributed by atoms with Crippen LogP contribution in [0.15, 0.2) is 30.3 Å². The summed E-state index contributed by atoms with van der Waals surface area (Å²) in [5.74, 6) is 0. The minimum atomic E-state index is 0.522. The summed E-state index contributed by atoms with van der Waals surface area (Å²) in [6.07, 6.45) is 0. The zero-order valence-corrected chi connectivity index (χ0v) is 7.59. The van der Waals surface area contributed by atoms with E-state index < -0.39 is 0 Å². The maximum atomic E-state index is 5.33. The van der Waals surface area contributed by atoms with Gasteiger partial charge in [0.25, 0.3) is 0 Å². The van der Waals surface area contributed by atoms with Gasteiger partial charge in [-0.25, -0.2) is 0 Å². The molecule has 1 aromatic rings. The van der Waals surface area contributed by atoms with Gasteiger partial charge in [-0.1, -0.05) is 0 Å². The van der Waals surface area contributed by atoms with Gasteiger partial charge in [0, 0.05) is 0 Å². The van der Waals surface area contributed by atoms with E-state index in [4.69, 9.17) is 5.73 Å². The monoisotopic (exact) mass is 215 g/mol.